The molecular weight excluding hydrogens is 290 g/mol. The average Bonchev–Trinajstić information content (AvgIpc) is 2.96. The maximum absolute atomic E-state index is 5.81. The van der Waals surface area contributed by atoms with Crippen molar-refractivity contribution in [3.05, 3.63) is 59.4 Å². The van der Waals surface area contributed by atoms with E-state index in [4.69, 9.17) is 26.5 Å². The zero-order chi connectivity index (χ0) is 14.7. The summed E-state index contributed by atoms with van der Waals surface area (Å²) in [4.78, 5) is 0. The second kappa shape index (κ2) is 5.85. The highest BCUT2D eigenvalue weighted by molar-refractivity contribution is 6.30. The summed E-state index contributed by atoms with van der Waals surface area (Å²) in [5.41, 5.74) is 7.14. The van der Waals surface area contributed by atoms with Crippen LogP contribution >= 0.6 is 11.6 Å². The number of nitrogens with zero attached hydrogens (tertiary/aromatic N) is 2. The highest BCUT2D eigenvalue weighted by atomic mass is 35.5. The van der Waals surface area contributed by atoms with Crippen molar-refractivity contribution in [3.63, 3.8) is 0 Å². The average molecular weight is 302 g/mol. The van der Waals surface area contributed by atoms with Gasteiger partial charge in [-0.25, -0.2) is 0 Å². The van der Waals surface area contributed by atoms with Crippen LogP contribution < -0.4 is 10.5 Å². The van der Waals surface area contributed by atoms with Gasteiger partial charge >= 0.3 is 0 Å². The Morgan fingerprint density at radius 3 is 2.43 bits per heavy atom. The van der Waals surface area contributed by atoms with Crippen LogP contribution in [0.2, 0.25) is 5.02 Å². The van der Waals surface area contributed by atoms with Crippen molar-refractivity contribution in [2.24, 2.45) is 0 Å². The molecule has 0 aliphatic heterocycles. The smallest absolute Gasteiger partial charge is 0.254 e. The summed E-state index contributed by atoms with van der Waals surface area (Å²) >= 11 is 5.81. The molecule has 1 aromatic heterocycles. The molecule has 1 heterocycles. The molecule has 3 rings (SSSR count). The number of nitrogens with two attached hydrogens (primary N) is 1. The zero-order valence-electron chi connectivity index (χ0n) is 11.0. The molecule has 6 heteroatoms. The largest absolute Gasteiger partial charge is 0.484 e. The van der Waals surface area contributed by atoms with Gasteiger partial charge in [-0.15, -0.1) is 10.2 Å². The van der Waals surface area contributed by atoms with Crippen molar-refractivity contribution in [1.82, 2.24) is 10.2 Å². The molecule has 0 atom stereocenters. The first-order valence-electron chi connectivity index (χ1n) is 6.27. The molecule has 0 fully saturated rings. The minimum atomic E-state index is 0.198. The molecule has 0 spiro atoms. The van der Waals surface area contributed by atoms with Gasteiger partial charge in [-0.3, -0.25) is 0 Å². The first kappa shape index (κ1) is 13.5. The van der Waals surface area contributed by atoms with Gasteiger partial charge in [-0.1, -0.05) is 11.6 Å². The molecule has 21 heavy (non-hydrogen) atoms. The first-order valence-corrected chi connectivity index (χ1v) is 6.65. The molecule has 5 nitrogen and oxygen atoms in total. The minimum Gasteiger partial charge on any atom is -0.484 e. The van der Waals surface area contributed by atoms with Gasteiger partial charge in [0.2, 0.25) is 5.89 Å². The number of hydrogen-bond donors (Lipinski definition) is 1. The number of rotatable bonds is 4. The Hall–Kier alpha value is -2.53. The predicted octanol–water partition coefficient (Wildman–Crippen LogP) is 3.55. The van der Waals surface area contributed by atoms with E-state index in [-0.39, 0.29) is 6.61 Å². The van der Waals surface area contributed by atoms with Gasteiger partial charge in [-0.2, -0.15) is 0 Å². The molecular formula is C15H12ClN3O2. The third-order valence-electron chi connectivity index (χ3n) is 2.80. The Morgan fingerprint density at radius 1 is 1.00 bits per heavy atom. The van der Waals surface area contributed by atoms with Crippen LogP contribution in [0.5, 0.6) is 5.75 Å². The molecule has 0 unspecified atom stereocenters. The fraction of sp³-hybridized carbons (Fsp3) is 0.0667. The molecule has 0 saturated heterocycles. The number of benzene rings is 2. The van der Waals surface area contributed by atoms with E-state index in [0.717, 1.165) is 5.56 Å². The van der Waals surface area contributed by atoms with E-state index >= 15 is 0 Å². The summed E-state index contributed by atoms with van der Waals surface area (Å²) in [5, 5.41) is 8.59. The minimum absolute atomic E-state index is 0.198. The first-order chi connectivity index (χ1) is 10.2. The van der Waals surface area contributed by atoms with Crippen molar-refractivity contribution < 1.29 is 9.15 Å². The van der Waals surface area contributed by atoms with E-state index in [1.165, 1.54) is 0 Å². The van der Waals surface area contributed by atoms with Gasteiger partial charge in [-0.05, 0) is 48.5 Å². The fourth-order valence-corrected chi connectivity index (χ4v) is 1.86. The highest BCUT2D eigenvalue weighted by Gasteiger charge is 2.09. The molecule has 0 amide bonds. The molecule has 3 aromatic rings. The van der Waals surface area contributed by atoms with Crippen LogP contribution in [-0.4, -0.2) is 10.2 Å². The lowest BCUT2D eigenvalue weighted by molar-refractivity contribution is 0.264. The van der Waals surface area contributed by atoms with Crippen molar-refractivity contribution >= 4 is 17.3 Å². The Kier molecular flexibility index (Phi) is 3.75. The maximum Gasteiger partial charge on any atom is 0.254 e. The summed E-state index contributed by atoms with van der Waals surface area (Å²) < 4.78 is 11.1. The monoisotopic (exact) mass is 301 g/mol. The zero-order valence-corrected chi connectivity index (χ0v) is 11.7. The Balaban J connectivity index is 1.67. The standard InChI is InChI=1S/C15H12ClN3O2/c16-11-3-7-13(8-4-11)20-9-14-18-19-15(21-14)10-1-5-12(17)6-2-10/h1-8H,9,17H2. The lowest BCUT2D eigenvalue weighted by atomic mass is 10.2. The van der Waals surface area contributed by atoms with Crippen LogP contribution in [0, 0.1) is 0 Å². The second-order valence-electron chi connectivity index (χ2n) is 4.37. The lowest BCUT2D eigenvalue weighted by Crippen LogP contribution is -1.95. The van der Waals surface area contributed by atoms with E-state index in [2.05, 4.69) is 10.2 Å². The summed E-state index contributed by atoms with van der Waals surface area (Å²) in [7, 11) is 0. The van der Waals surface area contributed by atoms with Crippen LogP contribution in [0.3, 0.4) is 0 Å². The molecule has 2 N–H and O–H groups in total. The maximum atomic E-state index is 5.81. The molecule has 0 aliphatic carbocycles. The SMILES string of the molecule is Nc1ccc(-c2nnc(COc3ccc(Cl)cc3)o2)cc1. The van der Waals surface area contributed by atoms with Gasteiger partial charge in [0.15, 0.2) is 6.61 Å². The highest BCUT2D eigenvalue weighted by Crippen LogP contribution is 2.20. The van der Waals surface area contributed by atoms with Crippen LogP contribution in [-0.2, 0) is 6.61 Å². The van der Waals surface area contributed by atoms with E-state index in [1.54, 1.807) is 36.4 Å². The number of aromatic nitrogens is 2. The van der Waals surface area contributed by atoms with Crippen molar-refractivity contribution in [3.8, 4) is 17.2 Å². The summed E-state index contributed by atoms with van der Waals surface area (Å²) in [6.07, 6.45) is 0. The quantitative estimate of drug-likeness (QED) is 0.746. The van der Waals surface area contributed by atoms with E-state index in [1.807, 2.05) is 12.1 Å². The second-order valence-corrected chi connectivity index (χ2v) is 4.80. The van der Waals surface area contributed by atoms with Crippen molar-refractivity contribution in [2.45, 2.75) is 6.61 Å². The Labute approximate surface area is 126 Å². The summed E-state index contributed by atoms with van der Waals surface area (Å²) in [6, 6.07) is 14.3. The van der Waals surface area contributed by atoms with E-state index < -0.39 is 0 Å². The molecule has 0 bridgehead atoms. The molecule has 0 aliphatic rings. The predicted molar refractivity (Wildman–Crippen MR) is 79.9 cm³/mol. The van der Waals surface area contributed by atoms with Crippen LogP contribution in [0.1, 0.15) is 5.89 Å². The summed E-state index contributed by atoms with van der Waals surface area (Å²) in [6.45, 7) is 0.198. The molecule has 106 valence electrons. The fourth-order valence-electron chi connectivity index (χ4n) is 1.73. The van der Waals surface area contributed by atoms with Crippen molar-refractivity contribution in [2.75, 3.05) is 5.73 Å². The molecule has 0 radical (unpaired) electrons. The Bertz CT molecular complexity index is 723. The van der Waals surface area contributed by atoms with Crippen LogP contribution in [0.4, 0.5) is 5.69 Å². The van der Waals surface area contributed by atoms with Crippen LogP contribution in [0.25, 0.3) is 11.5 Å². The summed E-state index contributed by atoms with van der Waals surface area (Å²) in [5.74, 6) is 1.52. The molecule has 2 aromatic carbocycles. The number of halogens is 1. The number of nitrogen functional groups attached to an aromatic ring is 1. The van der Waals surface area contributed by atoms with Crippen LogP contribution in [0.15, 0.2) is 52.9 Å². The third-order valence-corrected chi connectivity index (χ3v) is 3.05. The van der Waals surface area contributed by atoms with E-state index in [9.17, 15) is 0 Å². The van der Waals surface area contributed by atoms with Gasteiger partial charge in [0.05, 0.1) is 0 Å². The molecule has 0 saturated carbocycles. The van der Waals surface area contributed by atoms with Gasteiger partial charge in [0.1, 0.15) is 5.75 Å². The van der Waals surface area contributed by atoms with Crippen molar-refractivity contribution in [1.29, 1.82) is 0 Å². The van der Waals surface area contributed by atoms with E-state index in [0.29, 0.717) is 28.2 Å². The number of hydrogen-bond acceptors (Lipinski definition) is 5. The van der Waals surface area contributed by atoms with Gasteiger partial charge in [0, 0.05) is 16.3 Å². The number of ether oxygens (including phenoxy) is 1. The Morgan fingerprint density at radius 2 is 1.71 bits per heavy atom. The lowest BCUT2D eigenvalue weighted by Gasteiger charge is -2.02. The normalized spacial score (nSPS) is 10.5. The number of anilines is 1. The van der Waals surface area contributed by atoms with Gasteiger partial charge < -0.3 is 14.9 Å². The van der Waals surface area contributed by atoms with Gasteiger partial charge in [0.25, 0.3) is 5.89 Å². The third kappa shape index (κ3) is 3.32. The topological polar surface area (TPSA) is 74.2 Å².